The normalized spacial score (nSPS) is 10.7. The Hall–Kier alpha value is -2.65. The molecule has 2 rings (SSSR count). The Morgan fingerprint density at radius 1 is 1.33 bits per heavy atom. The van der Waals surface area contributed by atoms with Gasteiger partial charge in [-0.25, -0.2) is 0 Å². The molecule has 2 aromatic rings. The van der Waals surface area contributed by atoms with Crippen molar-refractivity contribution < 1.29 is 19.4 Å². The summed E-state index contributed by atoms with van der Waals surface area (Å²) >= 11 is 5.93. The quantitative estimate of drug-likeness (QED) is 0.403. The molecule has 0 aliphatic rings. The molecule has 0 spiro atoms. The van der Waals surface area contributed by atoms with E-state index in [2.05, 4.69) is 9.97 Å². The van der Waals surface area contributed by atoms with E-state index >= 15 is 0 Å². The van der Waals surface area contributed by atoms with Crippen LogP contribution < -0.4 is 9.64 Å². The van der Waals surface area contributed by atoms with E-state index in [0.717, 1.165) is 12.8 Å². The molecular weight excluding hydrogens is 410 g/mol. The van der Waals surface area contributed by atoms with Gasteiger partial charge in [-0.1, -0.05) is 24.9 Å². The number of nitrogens with zero attached hydrogens (tertiary/aromatic N) is 5. The smallest absolute Gasteiger partial charge is 0.299 e. The summed E-state index contributed by atoms with van der Waals surface area (Å²) in [5.74, 6) is -0.134. The lowest BCUT2D eigenvalue weighted by Gasteiger charge is -2.20. The van der Waals surface area contributed by atoms with E-state index in [4.69, 9.17) is 21.4 Å². The van der Waals surface area contributed by atoms with Crippen molar-refractivity contribution >= 4 is 29.7 Å². The molecule has 0 radical (unpaired) electrons. The minimum atomic E-state index is -0.334. The Morgan fingerprint density at radius 2 is 2.10 bits per heavy atom. The molecule has 2 heterocycles. The molecule has 1 N–H and O–H groups in total. The van der Waals surface area contributed by atoms with Gasteiger partial charge in [-0.3, -0.25) is 19.1 Å². The maximum Gasteiger partial charge on any atom is 0.299 e. The summed E-state index contributed by atoms with van der Waals surface area (Å²) in [6, 6.07) is 3.71. The van der Waals surface area contributed by atoms with Gasteiger partial charge >= 0.3 is 0 Å². The van der Waals surface area contributed by atoms with E-state index < -0.39 is 0 Å². The van der Waals surface area contributed by atoms with Gasteiger partial charge in [0.25, 0.3) is 11.9 Å². The summed E-state index contributed by atoms with van der Waals surface area (Å²) in [7, 11) is 3.17. The summed E-state index contributed by atoms with van der Waals surface area (Å²) in [4.78, 5) is 36.2. The van der Waals surface area contributed by atoms with Crippen molar-refractivity contribution in [3.63, 3.8) is 0 Å². The van der Waals surface area contributed by atoms with Crippen molar-refractivity contribution in [1.82, 2.24) is 19.4 Å². The number of pyridine rings is 1. The summed E-state index contributed by atoms with van der Waals surface area (Å²) in [6.07, 6.45) is 4.32. The first-order valence-corrected chi connectivity index (χ1v) is 10.2. The van der Waals surface area contributed by atoms with Crippen LogP contribution in [-0.4, -0.2) is 70.7 Å². The third kappa shape index (κ3) is 5.93. The lowest BCUT2D eigenvalue weighted by Crippen LogP contribution is -2.32. The number of amides is 2. The van der Waals surface area contributed by atoms with Gasteiger partial charge in [-0.2, -0.15) is 4.98 Å². The Kier molecular flexibility index (Phi) is 9.07. The number of rotatable bonds is 12. The van der Waals surface area contributed by atoms with Gasteiger partial charge in [0.15, 0.2) is 11.5 Å². The summed E-state index contributed by atoms with van der Waals surface area (Å²) in [5, 5.41) is 9.60. The molecule has 0 aromatic carbocycles. The van der Waals surface area contributed by atoms with Gasteiger partial charge < -0.3 is 19.6 Å². The van der Waals surface area contributed by atoms with Crippen LogP contribution >= 0.6 is 11.6 Å². The van der Waals surface area contributed by atoms with Crippen LogP contribution in [0.3, 0.4) is 0 Å². The van der Waals surface area contributed by atoms with Crippen molar-refractivity contribution in [3.05, 3.63) is 34.7 Å². The third-order valence-electron chi connectivity index (χ3n) is 4.45. The zero-order valence-corrected chi connectivity index (χ0v) is 18.3. The number of aromatic nitrogens is 3. The molecule has 0 saturated carbocycles. The average Bonchev–Trinajstić information content (AvgIpc) is 3.10. The second-order valence-electron chi connectivity index (χ2n) is 6.84. The number of ether oxygens (including phenoxy) is 1. The highest BCUT2D eigenvalue weighted by Crippen LogP contribution is 2.27. The fourth-order valence-corrected chi connectivity index (χ4v) is 2.86. The van der Waals surface area contributed by atoms with Crippen LogP contribution in [0.1, 0.15) is 42.4 Å². The highest BCUT2D eigenvalue weighted by molar-refractivity contribution is 6.30. The highest BCUT2D eigenvalue weighted by Gasteiger charge is 2.28. The van der Waals surface area contributed by atoms with E-state index in [-0.39, 0.29) is 36.6 Å². The lowest BCUT2D eigenvalue weighted by molar-refractivity contribution is -0.107. The van der Waals surface area contributed by atoms with Gasteiger partial charge in [-0.05, 0) is 25.0 Å². The van der Waals surface area contributed by atoms with Crippen molar-refractivity contribution in [3.8, 4) is 6.01 Å². The van der Waals surface area contributed by atoms with Crippen LogP contribution in [0.2, 0.25) is 5.02 Å². The zero-order chi connectivity index (χ0) is 22.1. The molecule has 0 saturated heterocycles. The first-order chi connectivity index (χ1) is 14.4. The molecule has 164 valence electrons. The molecule has 0 aliphatic heterocycles. The summed E-state index contributed by atoms with van der Waals surface area (Å²) in [6.45, 7) is 3.02. The molecule has 0 unspecified atom stereocenters. The highest BCUT2D eigenvalue weighted by atomic mass is 35.5. The Labute approximate surface area is 181 Å². The van der Waals surface area contributed by atoms with Crippen LogP contribution in [0, 0.1) is 0 Å². The predicted molar refractivity (Wildman–Crippen MR) is 114 cm³/mol. The van der Waals surface area contributed by atoms with E-state index in [0.29, 0.717) is 36.7 Å². The van der Waals surface area contributed by atoms with Crippen molar-refractivity contribution in [1.29, 1.82) is 0 Å². The maximum absolute atomic E-state index is 13.2. The van der Waals surface area contributed by atoms with Gasteiger partial charge in [0.05, 0.1) is 23.9 Å². The number of aliphatic hydroxyl groups is 1. The third-order valence-corrected chi connectivity index (χ3v) is 4.67. The second kappa shape index (κ2) is 11.5. The molecule has 2 aromatic heterocycles. The van der Waals surface area contributed by atoms with Gasteiger partial charge in [-0.15, -0.1) is 0 Å². The minimum absolute atomic E-state index is 0.0297. The van der Waals surface area contributed by atoms with Crippen LogP contribution in [0.25, 0.3) is 0 Å². The summed E-state index contributed by atoms with van der Waals surface area (Å²) in [5.41, 5.74) is 0.873. The number of hydrogen-bond acceptors (Lipinski definition) is 6. The maximum atomic E-state index is 13.2. The van der Waals surface area contributed by atoms with Gasteiger partial charge in [0, 0.05) is 33.4 Å². The fourth-order valence-electron chi connectivity index (χ4n) is 2.74. The number of carbonyl (C=O) groups excluding carboxylic acids is 2. The fraction of sp³-hybridized carbons (Fsp3) is 0.500. The minimum Gasteiger partial charge on any atom is -0.465 e. The van der Waals surface area contributed by atoms with E-state index in [1.807, 2.05) is 6.92 Å². The number of anilines is 1. The first kappa shape index (κ1) is 23.6. The van der Waals surface area contributed by atoms with Crippen molar-refractivity contribution in [2.24, 2.45) is 0 Å². The molecule has 0 atom stereocenters. The number of imidazole rings is 1. The Bertz CT molecular complexity index is 840. The van der Waals surface area contributed by atoms with Crippen molar-refractivity contribution in [2.75, 3.05) is 38.8 Å². The SMILES string of the molecule is CCCCOc1nc(N(C)C=O)c(C(=O)N(C)CCCO)n1Cc1ccc(Cl)cn1. The number of halogens is 1. The molecule has 30 heavy (non-hydrogen) atoms. The molecule has 0 bridgehead atoms. The molecule has 2 amide bonds. The molecular formula is C20H28ClN5O4. The standard InChI is InChI=1S/C20H28ClN5O4/c1-4-5-11-30-20-23-18(25(3)14-28)17(19(29)24(2)9-6-10-27)26(20)13-16-8-7-15(21)12-22-16/h7-8,12,14,27H,4-6,9-11,13H2,1-3H3. The molecule has 9 nitrogen and oxygen atoms in total. The number of unbranched alkanes of at least 4 members (excludes halogenated alkanes) is 1. The molecule has 0 aliphatic carbocycles. The van der Waals surface area contributed by atoms with E-state index in [9.17, 15) is 9.59 Å². The Morgan fingerprint density at radius 3 is 2.70 bits per heavy atom. The van der Waals surface area contributed by atoms with E-state index in [1.54, 1.807) is 23.7 Å². The number of aliphatic hydroxyl groups excluding tert-OH is 1. The zero-order valence-electron chi connectivity index (χ0n) is 17.5. The van der Waals surface area contributed by atoms with Crippen LogP contribution in [0.4, 0.5) is 5.82 Å². The second-order valence-corrected chi connectivity index (χ2v) is 7.28. The van der Waals surface area contributed by atoms with Crippen LogP contribution in [-0.2, 0) is 11.3 Å². The van der Waals surface area contributed by atoms with E-state index in [1.165, 1.54) is 23.0 Å². The van der Waals surface area contributed by atoms with Crippen LogP contribution in [0.15, 0.2) is 18.3 Å². The van der Waals surface area contributed by atoms with Gasteiger partial charge in [0.1, 0.15) is 0 Å². The first-order valence-electron chi connectivity index (χ1n) is 9.81. The van der Waals surface area contributed by atoms with Gasteiger partial charge in [0.2, 0.25) is 6.41 Å². The largest absolute Gasteiger partial charge is 0.465 e. The van der Waals surface area contributed by atoms with Crippen molar-refractivity contribution in [2.45, 2.75) is 32.7 Å². The van der Waals surface area contributed by atoms with Crippen LogP contribution in [0.5, 0.6) is 6.01 Å². The molecule has 0 fully saturated rings. The molecule has 10 heteroatoms. The average molecular weight is 438 g/mol. The summed E-state index contributed by atoms with van der Waals surface area (Å²) < 4.78 is 7.47. The lowest BCUT2D eigenvalue weighted by atomic mass is 10.3. The monoisotopic (exact) mass is 437 g/mol. The Balaban J connectivity index is 2.53. The number of carbonyl (C=O) groups is 2. The predicted octanol–water partition coefficient (Wildman–Crippen LogP) is 2.21. The number of hydrogen-bond donors (Lipinski definition) is 1. The topological polar surface area (TPSA) is 101 Å².